The average molecular weight is 630 g/mol. The van der Waals surface area contributed by atoms with Crippen LogP contribution in [0.3, 0.4) is 0 Å². The van der Waals surface area contributed by atoms with Crippen LogP contribution in [0, 0.1) is 5.92 Å². The summed E-state index contributed by atoms with van der Waals surface area (Å²) in [5.74, 6) is 1.09. The van der Waals surface area contributed by atoms with E-state index < -0.39 is 6.03 Å². The lowest BCUT2D eigenvalue weighted by Crippen LogP contribution is -2.47. The number of ether oxygens (including phenoxy) is 2. The standard InChI is InChI=1S/C32H38Cl2N4O5/c1-20-16-38(21(2)19-39)31(40)15-23-14-25(36-32(41)35-24-6-9-26(42-4)10-7-24)8-12-29(23)43-30(20)18-37(3)17-22-5-11-27(33)28(34)13-22/h5-14,20-21,30,39H,15-19H2,1-4H3,(H2,35,36,41)/t20-,21+,30+/m0/s1. The van der Waals surface area contributed by atoms with Crippen LogP contribution in [-0.4, -0.2) is 72.8 Å². The molecule has 3 N–H and O–H groups in total. The molecule has 1 aliphatic heterocycles. The monoisotopic (exact) mass is 628 g/mol. The second-order valence-electron chi connectivity index (χ2n) is 11.0. The van der Waals surface area contributed by atoms with Crippen molar-refractivity contribution in [3.05, 3.63) is 81.8 Å². The third-order valence-corrected chi connectivity index (χ3v) is 8.19. The van der Waals surface area contributed by atoms with Gasteiger partial charge in [-0.2, -0.15) is 0 Å². The number of aliphatic hydroxyl groups excluding tert-OH is 1. The molecule has 230 valence electrons. The number of nitrogens with one attached hydrogen (secondary N) is 2. The molecule has 9 nitrogen and oxygen atoms in total. The molecule has 43 heavy (non-hydrogen) atoms. The average Bonchev–Trinajstić information content (AvgIpc) is 3.02. The highest BCUT2D eigenvalue weighted by Gasteiger charge is 2.31. The van der Waals surface area contributed by atoms with Gasteiger partial charge in [0.05, 0.1) is 36.2 Å². The molecule has 0 unspecified atom stereocenters. The van der Waals surface area contributed by atoms with Crippen LogP contribution in [0.15, 0.2) is 60.7 Å². The second kappa shape index (κ2) is 14.8. The Morgan fingerprint density at radius 2 is 1.79 bits per heavy atom. The first kappa shape index (κ1) is 32.4. The highest BCUT2D eigenvalue weighted by Crippen LogP contribution is 2.30. The van der Waals surface area contributed by atoms with Crippen molar-refractivity contribution in [2.75, 3.05) is 44.5 Å². The van der Waals surface area contributed by atoms with Crippen LogP contribution in [0.2, 0.25) is 10.0 Å². The summed E-state index contributed by atoms with van der Waals surface area (Å²) in [4.78, 5) is 30.1. The molecule has 0 fully saturated rings. The zero-order valence-corrected chi connectivity index (χ0v) is 26.3. The molecular weight excluding hydrogens is 591 g/mol. The summed E-state index contributed by atoms with van der Waals surface area (Å²) in [6.07, 6.45) is -0.212. The number of halogens is 2. The lowest BCUT2D eigenvalue weighted by Gasteiger charge is -2.34. The highest BCUT2D eigenvalue weighted by atomic mass is 35.5. The summed E-state index contributed by atoms with van der Waals surface area (Å²) in [5, 5.41) is 16.6. The van der Waals surface area contributed by atoms with Gasteiger partial charge in [0.25, 0.3) is 0 Å². The van der Waals surface area contributed by atoms with Crippen LogP contribution in [0.1, 0.15) is 25.0 Å². The molecule has 0 saturated carbocycles. The number of nitrogens with zero attached hydrogens (tertiary/aromatic N) is 2. The Hall–Kier alpha value is -3.50. The third-order valence-electron chi connectivity index (χ3n) is 7.45. The SMILES string of the molecule is COc1ccc(NC(=O)Nc2ccc3c(c2)CC(=O)N([C@H](C)CO)C[C@H](C)[C@@H](CN(C)Cc2ccc(Cl)c(Cl)c2)O3)cc1. The Bertz CT molecular complexity index is 1420. The minimum atomic E-state index is -0.425. The van der Waals surface area contributed by atoms with E-state index in [-0.39, 0.29) is 37.0 Å². The summed E-state index contributed by atoms with van der Waals surface area (Å²) in [5.41, 5.74) is 2.79. The molecule has 3 aromatic carbocycles. The molecule has 0 aromatic heterocycles. The topological polar surface area (TPSA) is 103 Å². The summed E-state index contributed by atoms with van der Waals surface area (Å²) in [7, 11) is 3.58. The van der Waals surface area contributed by atoms with Gasteiger partial charge in [-0.1, -0.05) is 36.2 Å². The van der Waals surface area contributed by atoms with Crippen molar-refractivity contribution in [3.8, 4) is 11.5 Å². The number of hydrogen-bond donors (Lipinski definition) is 3. The number of likely N-dealkylation sites (N-methyl/N-ethyl adjacent to an activating group) is 1. The van der Waals surface area contributed by atoms with Crippen molar-refractivity contribution < 1.29 is 24.2 Å². The predicted octanol–water partition coefficient (Wildman–Crippen LogP) is 5.93. The first-order chi connectivity index (χ1) is 20.6. The van der Waals surface area contributed by atoms with E-state index in [2.05, 4.69) is 15.5 Å². The van der Waals surface area contributed by atoms with Crippen LogP contribution < -0.4 is 20.1 Å². The normalized spacial score (nSPS) is 17.7. The summed E-state index contributed by atoms with van der Waals surface area (Å²) >= 11 is 12.3. The first-order valence-corrected chi connectivity index (χ1v) is 14.9. The lowest BCUT2D eigenvalue weighted by molar-refractivity contribution is -0.134. The van der Waals surface area contributed by atoms with E-state index in [1.807, 2.05) is 33.0 Å². The van der Waals surface area contributed by atoms with Gasteiger partial charge in [-0.15, -0.1) is 0 Å². The number of carbonyl (C=O) groups excluding carboxylic acids is 2. The van der Waals surface area contributed by atoms with E-state index >= 15 is 0 Å². The summed E-state index contributed by atoms with van der Waals surface area (Å²) < 4.78 is 11.8. The Morgan fingerprint density at radius 3 is 2.47 bits per heavy atom. The summed E-state index contributed by atoms with van der Waals surface area (Å²) in [6, 6.07) is 17.1. The first-order valence-electron chi connectivity index (χ1n) is 14.1. The maximum Gasteiger partial charge on any atom is 0.323 e. The Labute approximate surface area is 262 Å². The minimum absolute atomic E-state index is 0.0479. The van der Waals surface area contributed by atoms with Crippen LogP contribution in [0.25, 0.3) is 0 Å². The van der Waals surface area contributed by atoms with Gasteiger partial charge in [-0.25, -0.2) is 4.79 Å². The van der Waals surface area contributed by atoms with E-state index in [9.17, 15) is 14.7 Å². The molecule has 0 radical (unpaired) electrons. The third kappa shape index (κ3) is 8.76. The van der Waals surface area contributed by atoms with Crippen LogP contribution >= 0.6 is 23.2 Å². The fraction of sp³-hybridized carbons (Fsp3) is 0.375. The Balaban J connectivity index is 1.55. The van der Waals surface area contributed by atoms with Crippen molar-refractivity contribution >= 4 is 46.5 Å². The largest absolute Gasteiger partial charge is 0.497 e. The Kier molecular flexibility index (Phi) is 11.2. The number of urea groups is 1. The molecule has 11 heteroatoms. The zero-order valence-electron chi connectivity index (χ0n) is 24.8. The van der Waals surface area contributed by atoms with E-state index in [1.54, 1.807) is 60.5 Å². The number of rotatable bonds is 9. The quantitative estimate of drug-likeness (QED) is 0.271. The number of hydrogen-bond acceptors (Lipinski definition) is 6. The van der Waals surface area contributed by atoms with Gasteiger partial charge in [0.1, 0.15) is 17.6 Å². The number of aliphatic hydroxyl groups is 1. The second-order valence-corrected chi connectivity index (χ2v) is 11.8. The molecular formula is C32H38Cl2N4O5. The molecule has 3 atom stereocenters. The molecule has 4 rings (SSSR count). The van der Waals surface area contributed by atoms with Gasteiger partial charge in [0, 0.05) is 42.5 Å². The fourth-order valence-electron chi connectivity index (χ4n) is 5.01. The van der Waals surface area contributed by atoms with Crippen LogP contribution in [0.4, 0.5) is 16.2 Å². The maximum atomic E-state index is 13.5. The molecule has 3 aromatic rings. The smallest absolute Gasteiger partial charge is 0.323 e. The predicted molar refractivity (Wildman–Crippen MR) is 170 cm³/mol. The van der Waals surface area contributed by atoms with Gasteiger partial charge in [-0.3, -0.25) is 9.69 Å². The highest BCUT2D eigenvalue weighted by molar-refractivity contribution is 6.42. The Morgan fingerprint density at radius 1 is 1.09 bits per heavy atom. The van der Waals surface area contributed by atoms with Gasteiger partial charge >= 0.3 is 6.03 Å². The van der Waals surface area contributed by atoms with Crippen LogP contribution in [-0.2, 0) is 17.8 Å². The number of benzene rings is 3. The van der Waals surface area contributed by atoms with Crippen molar-refractivity contribution in [3.63, 3.8) is 0 Å². The molecule has 3 amide bonds. The molecule has 0 saturated heterocycles. The number of carbonyl (C=O) groups is 2. The fourth-order valence-corrected chi connectivity index (χ4v) is 5.34. The molecule has 0 bridgehead atoms. The van der Waals surface area contributed by atoms with Crippen LogP contribution in [0.5, 0.6) is 11.5 Å². The maximum absolute atomic E-state index is 13.5. The van der Waals surface area contributed by atoms with Gasteiger partial charge in [-0.05, 0) is 74.1 Å². The van der Waals surface area contributed by atoms with Crippen molar-refractivity contribution in [1.82, 2.24) is 9.80 Å². The van der Waals surface area contributed by atoms with Gasteiger partial charge < -0.3 is 30.1 Å². The van der Waals surface area contributed by atoms with E-state index in [0.29, 0.717) is 58.1 Å². The van der Waals surface area contributed by atoms with Crippen molar-refractivity contribution in [2.24, 2.45) is 5.92 Å². The zero-order chi connectivity index (χ0) is 31.1. The molecule has 1 heterocycles. The number of fused-ring (bicyclic) bond motifs is 1. The van der Waals surface area contributed by atoms with E-state index in [4.69, 9.17) is 32.7 Å². The van der Waals surface area contributed by atoms with E-state index in [0.717, 1.165) is 5.56 Å². The van der Waals surface area contributed by atoms with Crippen molar-refractivity contribution in [2.45, 2.75) is 39.0 Å². The molecule has 0 spiro atoms. The number of anilines is 2. The van der Waals surface area contributed by atoms with Gasteiger partial charge in [0.2, 0.25) is 5.91 Å². The minimum Gasteiger partial charge on any atom is -0.497 e. The van der Waals surface area contributed by atoms with Crippen molar-refractivity contribution in [1.29, 1.82) is 0 Å². The number of methoxy groups -OCH3 is 1. The lowest BCUT2D eigenvalue weighted by atomic mass is 10.0. The van der Waals surface area contributed by atoms with Gasteiger partial charge in [0.15, 0.2) is 0 Å². The van der Waals surface area contributed by atoms with E-state index in [1.165, 1.54) is 0 Å². The summed E-state index contributed by atoms with van der Waals surface area (Å²) in [6.45, 7) is 5.35. The number of amides is 3. The molecule has 1 aliphatic rings. The molecule has 0 aliphatic carbocycles.